The predicted molar refractivity (Wildman–Crippen MR) is 84.5 cm³/mol. The van der Waals surface area contributed by atoms with E-state index in [0.717, 1.165) is 21.3 Å². The van der Waals surface area contributed by atoms with Crippen LogP contribution in [0.1, 0.15) is 37.0 Å². The second-order valence-electron chi connectivity index (χ2n) is 4.72. The lowest BCUT2D eigenvalue weighted by Crippen LogP contribution is -2.09. The molecule has 0 aliphatic heterocycles. The minimum Gasteiger partial charge on any atom is -0.347 e. The highest BCUT2D eigenvalue weighted by Crippen LogP contribution is 2.25. The van der Waals surface area contributed by atoms with Crippen molar-refractivity contribution in [2.75, 3.05) is 13.2 Å². The third kappa shape index (κ3) is 3.70. The van der Waals surface area contributed by atoms with Crippen molar-refractivity contribution in [1.82, 2.24) is 15.0 Å². The van der Waals surface area contributed by atoms with Crippen LogP contribution >= 0.6 is 15.9 Å². The summed E-state index contributed by atoms with van der Waals surface area (Å²) in [7, 11) is 0. The van der Waals surface area contributed by atoms with Crippen molar-refractivity contribution in [3.63, 3.8) is 0 Å². The van der Waals surface area contributed by atoms with E-state index in [1.54, 1.807) is 4.68 Å². The van der Waals surface area contributed by atoms with Crippen molar-refractivity contribution < 1.29 is 9.47 Å². The molecule has 0 saturated heterocycles. The quantitative estimate of drug-likeness (QED) is 0.742. The average Bonchev–Trinajstić information content (AvgIpc) is 2.93. The van der Waals surface area contributed by atoms with E-state index in [4.69, 9.17) is 9.47 Å². The lowest BCUT2D eigenvalue weighted by molar-refractivity contribution is -0.142. The second-order valence-corrected chi connectivity index (χ2v) is 5.52. The van der Waals surface area contributed by atoms with E-state index in [1.165, 1.54) is 0 Å². The molecule has 1 heterocycles. The number of rotatable bonds is 6. The Morgan fingerprint density at radius 3 is 2.24 bits per heavy atom. The molecule has 0 bridgehead atoms. The first-order chi connectivity index (χ1) is 10.1. The van der Waals surface area contributed by atoms with Gasteiger partial charge in [0.2, 0.25) is 6.29 Å². The summed E-state index contributed by atoms with van der Waals surface area (Å²) in [5.74, 6) is 0. The van der Waals surface area contributed by atoms with Gasteiger partial charge in [-0.05, 0) is 51.0 Å². The fraction of sp³-hybridized carbons (Fsp3) is 0.467. The number of benzene rings is 1. The lowest BCUT2D eigenvalue weighted by atomic mass is 10.1. The Kier molecular flexibility index (Phi) is 5.50. The summed E-state index contributed by atoms with van der Waals surface area (Å²) in [4.78, 5) is 0. The molecule has 0 unspecified atom stereocenters. The van der Waals surface area contributed by atoms with E-state index in [9.17, 15) is 0 Å². The first-order valence-corrected chi connectivity index (χ1v) is 7.78. The maximum atomic E-state index is 5.54. The van der Waals surface area contributed by atoms with E-state index in [0.29, 0.717) is 18.9 Å². The predicted octanol–water partition coefficient (Wildman–Crippen LogP) is 3.72. The Morgan fingerprint density at radius 2 is 1.71 bits per heavy atom. The third-order valence-corrected chi connectivity index (χ3v) is 4.33. The molecule has 5 nitrogen and oxygen atoms in total. The number of hydrogen-bond donors (Lipinski definition) is 0. The minimum atomic E-state index is -0.466. The van der Waals surface area contributed by atoms with Gasteiger partial charge in [0.15, 0.2) is 0 Å². The van der Waals surface area contributed by atoms with E-state index in [2.05, 4.69) is 52.2 Å². The summed E-state index contributed by atoms with van der Waals surface area (Å²) in [6, 6.07) is 4.12. The van der Waals surface area contributed by atoms with Crippen molar-refractivity contribution in [2.45, 2.75) is 34.0 Å². The fourth-order valence-electron chi connectivity index (χ4n) is 2.09. The molecule has 0 aliphatic rings. The zero-order valence-corrected chi connectivity index (χ0v) is 14.3. The Hall–Kier alpha value is -1.24. The summed E-state index contributed by atoms with van der Waals surface area (Å²) in [5.41, 5.74) is 3.97. The van der Waals surface area contributed by atoms with Gasteiger partial charge in [-0.1, -0.05) is 21.1 Å². The molecule has 2 rings (SSSR count). The SMILES string of the molecule is CCOC(OCC)c1cn(-c2cc(C)c(Br)c(C)c2)nn1. The maximum absolute atomic E-state index is 5.54. The van der Waals surface area contributed by atoms with Crippen molar-refractivity contribution >= 4 is 15.9 Å². The number of ether oxygens (including phenoxy) is 2. The van der Waals surface area contributed by atoms with Crippen LogP contribution in [0.4, 0.5) is 0 Å². The second kappa shape index (κ2) is 7.15. The largest absolute Gasteiger partial charge is 0.347 e. The molecule has 1 aromatic heterocycles. The number of hydrogen-bond acceptors (Lipinski definition) is 4. The first-order valence-electron chi connectivity index (χ1n) is 6.99. The zero-order chi connectivity index (χ0) is 15.4. The molecule has 0 N–H and O–H groups in total. The number of aromatic nitrogens is 3. The molecule has 114 valence electrons. The van der Waals surface area contributed by atoms with Crippen LogP contribution in [0.3, 0.4) is 0 Å². The molecular weight excluding hydrogens is 334 g/mol. The minimum absolute atomic E-state index is 0.466. The molecule has 0 fully saturated rings. The van der Waals surface area contributed by atoms with Crippen LogP contribution in [0.25, 0.3) is 5.69 Å². The van der Waals surface area contributed by atoms with Crippen molar-refractivity contribution in [1.29, 1.82) is 0 Å². The van der Waals surface area contributed by atoms with Crippen LogP contribution in [0.5, 0.6) is 0 Å². The third-order valence-electron chi connectivity index (χ3n) is 3.07. The molecule has 1 aromatic carbocycles. The zero-order valence-electron chi connectivity index (χ0n) is 12.8. The number of aryl methyl sites for hydroxylation is 2. The van der Waals surface area contributed by atoms with Crippen molar-refractivity contribution in [3.8, 4) is 5.69 Å². The summed E-state index contributed by atoms with van der Waals surface area (Å²) in [6.07, 6.45) is 1.38. The van der Waals surface area contributed by atoms with Crippen molar-refractivity contribution in [3.05, 3.63) is 39.6 Å². The average molecular weight is 354 g/mol. The van der Waals surface area contributed by atoms with Gasteiger partial charge in [-0.3, -0.25) is 0 Å². The lowest BCUT2D eigenvalue weighted by Gasteiger charge is -2.13. The molecular formula is C15H20BrN3O2. The molecule has 0 atom stereocenters. The highest BCUT2D eigenvalue weighted by Gasteiger charge is 2.16. The van der Waals surface area contributed by atoms with Gasteiger partial charge in [0.25, 0.3) is 0 Å². The highest BCUT2D eigenvalue weighted by atomic mass is 79.9. The summed E-state index contributed by atoms with van der Waals surface area (Å²) >= 11 is 3.57. The standard InChI is InChI=1S/C15H20BrN3O2/c1-5-20-15(21-6-2)13-9-19(18-17-13)12-7-10(3)14(16)11(4)8-12/h7-9,15H,5-6H2,1-4H3. The molecule has 21 heavy (non-hydrogen) atoms. The Bertz CT molecular complexity index is 584. The molecule has 2 aromatic rings. The van der Waals surface area contributed by atoms with Crippen LogP contribution in [0.15, 0.2) is 22.8 Å². The number of nitrogens with zero attached hydrogens (tertiary/aromatic N) is 3. The molecule has 0 radical (unpaired) electrons. The topological polar surface area (TPSA) is 49.2 Å². The van der Waals surface area contributed by atoms with Gasteiger partial charge in [0, 0.05) is 17.7 Å². The normalized spacial score (nSPS) is 11.3. The molecule has 6 heteroatoms. The van der Waals surface area contributed by atoms with Gasteiger partial charge in [-0.25, -0.2) is 4.68 Å². The van der Waals surface area contributed by atoms with E-state index in [1.807, 2.05) is 20.0 Å². The van der Waals surface area contributed by atoms with Crippen LogP contribution in [0, 0.1) is 13.8 Å². The summed E-state index contributed by atoms with van der Waals surface area (Å²) < 4.78 is 13.9. The van der Waals surface area contributed by atoms with Crippen LogP contribution in [-0.4, -0.2) is 28.2 Å². The monoisotopic (exact) mass is 353 g/mol. The summed E-state index contributed by atoms with van der Waals surface area (Å²) in [5, 5.41) is 8.34. The Morgan fingerprint density at radius 1 is 1.14 bits per heavy atom. The first kappa shape index (κ1) is 16.1. The fourth-order valence-corrected chi connectivity index (χ4v) is 2.32. The van der Waals surface area contributed by atoms with Gasteiger partial charge in [0.1, 0.15) is 5.69 Å². The van der Waals surface area contributed by atoms with Crippen LogP contribution in [-0.2, 0) is 9.47 Å². The highest BCUT2D eigenvalue weighted by molar-refractivity contribution is 9.10. The van der Waals surface area contributed by atoms with Gasteiger partial charge >= 0.3 is 0 Å². The maximum Gasteiger partial charge on any atom is 0.204 e. The van der Waals surface area contributed by atoms with Gasteiger partial charge in [0.05, 0.1) is 11.9 Å². The molecule has 0 saturated carbocycles. The van der Waals surface area contributed by atoms with Gasteiger partial charge in [-0.15, -0.1) is 5.10 Å². The smallest absolute Gasteiger partial charge is 0.204 e. The molecule has 0 spiro atoms. The van der Waals surface area contributed by atoms with Crippen molar-refractivity contribution in [2.24, 2.45) is 0 Å². The van der Waals surface area contributed by atoms with E-state index in [-0.39, 0.29) is 0 Å². The number of halogens is 1. The Balaban J connectivity index is 2.30. The summed E-state index contributed by atoms with van der Waals surface area (Å²) in [6.45, 7) is 9.10. The molecule has 0 amide bonds. The van der Waals surface area contributed by atoms with E-state index >= 15 is 0 Å². The Labute approximate surface area is 133 Å². The van der Waals surface area contributed by atoms with Gasteiger partial charge < -0.3 is 9.47 Å². The molecule has 0 aliphatic carbocycles. The van der Waals surface area contributed by atoms with Gasteiger partial charge in [-0.2, -0.15) is 0 Å². The van der Waals surface area contributed by atoms with Crippen LogP contribution in [0.2, 0.25) is 0 Å². The van der Waals surface area contributed by atoms with E-state index < -0.39 is 6.29 Å². The van der Waals surface area contributed by atoms with Crippen LogP contribution < -0.4 is 0 Å².